The number of hydrogen-bond donors (Lipinski definition) is 1. The molecule has 0 aliphatic rings. The Morgan fingerprint density at radius 2 is 2.04 bits per heavy atom. The SMILES string of the molecule is Cc1c(-c2cc(C(F)(F)F)n3nc(CCC(=O)O)nc3n2)cnn1C. The Balaban J connectivity index is 2.17. The summed E-state index contributed by atoms with van der Waals surface area (Å²) in [6.45, 7) is 1.71. The molecule has 0 radical (unpaired) electrons. The van der Waals surface area contributed by atoms with Crippen molar-refractivity contribution in [2.75, 3.05) is 0 Å². The monoisotopic (exact) mass is 354 g/mol. The zero-order valence-corrected chi connectivity index (χ0v) is 13.2. The molecule has 0 aliphatic heterocycles. The van der Waals surface area contributed by atoms with Crippen molar-refractivity contribution in [3.05, 3.63) is 29.5 Å². The number of fused-ring (bicyclic) bond motifs is 1. The first-order chi connectivity index (χ1) is 11.7. The summed E-state index contributed by atoms with van der Waals surface area (Å²) in [6.07, 6.45) is -3.62. The maximum Gasteiger partial charge on any atom is 0.433 e. The zero-order chi connectivity index (χ0) is 18.4. The van der Waals surface area contributed by atoms with E-state index in [2.05, 4.69) is 20.2 Å². The number of aromatic nitrogens is 6. The third kappa shape index (κ3) is 3.16. The third-order valence-corrected chi connectivity index (χ3v) is 3.72. The van der Waals surface area contributed by atoms with Crippen LogP contribution in [0.4, 0.5) is 13.2 Å². The third-order valence-electron chi connectivity index (χ3n) is 3.72. The van der Waals surface area contributed by atoms with E-state index in [1.165, 1.54) is 10.9 Å². The molecule has 3 aromatic rings. The predicted molar refractivity (Wildman–Crippen MR) is 78.7 cm³/mol. The second-order valence-corrected chi connectivity index (χ2v) is 5.43. The summed E-state index contributed by atoms with van der Waals surface area (Å²) >= 11 is 0. The number of carboxylic acid groups (broad SMARTS) is 1. The molecular weight excluding hydrogens is 341 g/mol. The lowest BCUT2D eigenvalue weighted by molar-refractivity contribution is -0.142. The number of alkyl halides is 3. The van der Waals surface area contributed by atoms with Gasteiger partial charge in [0.05, 0.1) is 18.3 Å². The van der Waals surface area contributed by atoms with Gasteiger partial charge < -0.3 is 5.11 Å². The Morgan fingerprint density at radius 1 is 1.32 bits per heavy atom. The highest BCUT2D eigenvalue weighted by Gasteiger charge is 2.36. The van der Waals surface area contributed by atoms with Gasteiger partial charge in [0.15, 0.2) is 11.5 Å². The summed E-state index contributed by atoms with van der Waals surface area (Å²) in [7, 11) is 1.67. The molecule has 11 heteroatoms. The van der Waals surface area contributed by atoms with E-state index in [-0.39, 0.29) is 30.1 Å². The van der Waals surface area contributed by atoms with Crippen LogP contribution in [0.5, 0.6) is 0 Å². The highest BCUT2D eigenvalue weighted by Crippen LogP contribution is 2.32. The van der Waals surface area contributed by atoms with Crippen molar-refractivity contribution in [3.63, 3.8) is 0 Å². The van der Waals surface area contributed by atoms with Gasteiger partial charge in [0.25, 0.3) is 5.78 Å². The van der Waals surface area contributed by atoms with Crippen molar-refractivity contribution >= 4 is 11.7 Å². The number of nitrogens with zero attached hydrogens (tertiary/aromatic N) is 6. The van der Waals surface area contributed by atoms with Crippen molar-refractivity contribution < 1.29 is 23.1 Å². The molecule has 3 heterocycles. The van der Waals surface area contributed by atoms with Crippen LogP contribution in [0.15, 0.2) is 12.3 Å². The number of hydrogen-bond acceptors (Lipinski definition) is 5. The van der Waals surface area contributed by atoms with E-state index < -0.39 is 17.8 Å². The number of carboxylic acids is 1. The average molecular weight is 354 g/mol. The normalized spacial score (nSPS) is 12.0. The van der Waals surface area contributed by atoms with Crippen LogP contribution in [0.25, 0.3) is 17.0 Å². The Morgan fingerprint density at radius 3 is 2.60 bits per heavy atom. The molecule has 1 N–H and O–H groups in total. The fraction of sp³-hybridized carbons (Fsp3) is 0.357. The van der Waals surface area contributed by atoms with Crippen molar-refractivity contribution in [2.45, 2.75) is 25.9 Å². The highest BCUT2D eigenvalue weighted by atomic mass is 19.4. The number of aliphatic carboxylic acids is 1. The van der Waals surface area contributed by atoms with E-state index in [9.17, 15) is 18.0 Å². The summed E-state index contributed by atoms with van der Waals surface area (Å²) in [6, 6.07) is 0.882. The number of rotatable bonds is 4. The molecule has 0 unspecified atom stereocenters. The molecule has 8 nitrogen and oxygen atoms in total. The molecule has 0 saturated heterocycles. The fourth-order valence-corrected chi connectivity index (χ4v) is 2.32. The summed E-state index contributed by atoms with van der Waals surface area (Å²) < 4.78 is 42.3. The summed E-state index contributed by atoms with van der Waals surface area (Å²) in [4.78, 5) is 18.7. The fourth-order valence-electron chi connectivity index (χ4n) is 2.32. The zero-order valence-electron chi connectivity index (χ0n) is 13.2. The van der Waals surface area contributed by atoms with E-state index in [1.54, 1.807) is 14.0 Å². The number of aryl methyl sites for hydroxylation is 2. The molecule has 0 aromatic carbocycles. The Kier molecular flexibility index (Phi) is 3.93. The molecule has 132 valence electrons. The van der Waals surface area contributed by atoms with Crippen molar-refractivity contribution in [2.24, 2.45) is 7.05 Å². The van der Waals surface area contributed by atoms with Crippen LogP contribution in [0.3, 0.4) is 0 Å². The van der Waals surface area contributed by atoms with E-state index in [1.807, 2.05) is 0 Å². The molecule has 0 aliphatic carbocycles. The lowest BCUT2D eigenvalue weighted by Gasteiger charge is -2.10. The molecule has 25 heavy (non-hydrogen) atoms. The lowest BCUT2D eigenvalue weighted by atomic mass is 10.1. The van der Waals surface area contributed by atoms with Crippen molar-refractivity contribution in [3.8, 4) is 11.3 Å². The minimum Gasteiger partial charge on any atom is -0.481 e. The van der Waals surface area contributed by atoms with Crippen LogP contribution in [0, 0.1) is 6.92 Å². The molecule has 3 aromatic heterocycles. The molecular formula is C14H13F3N6O2. The Hall–Kier alpha value is -2.98. The number of carbonyl (C=O) groups is 1. The molecule has 0 atom stereocenters. The van der Waals surface area contributed by atoms with E-state index in [4.69, 9.17) is 5.11 Å². The quantitative estimate of drug-likeness (QED) is 0.768. The summed E-state index contributed by atoms with van der Waals surface area (Å²) in [5.74, 6) is -1.34. The van der Waals surface area contributed by atoms with Crippen LogP contribution in [0.1, 0.15) is 23.6 Å². The Labute approximate surface area is 138 Å². The second kappa shape index (κ2) is 5.83. The predicted octanol–water partition coefficient (Wildman–Crippen LogP) is 1.87. The summed E-state index contributed by atoms with van der Waals surface area (Å²) in [5, 5.41) is 16.5. The van der Waals surface area contributed by atoms with E-state index >= 15 is 0 Å². The maximum atomic E-state index is 13.4. The van der Waals surface area contributed by atoms with Crippen molar-refractivity contribution in [1.82, 2.24) is 29.4 Å². The van der Waals surface area contributed by atoms with Gasteiger partial charge >= 0.3 is 12.1 Å². The van der Waals surface area contributed by atoms with E-state index in [0.717, 1.165) is 6.07 Å². The summed E-state index contributed by atoms with van der Waals surface area (Å²) in [5.41, 5.74) is 0.133. The van der Waals surface area contributed by atoms with Crippen LogP contribution in [-0.2, 0) is 24.4 Å². The van der Waals surface area contributed by atoms with Crippen LogP contribution < -0.4 is 0 Å². The first-order valence-electron chi connectivity index (χ1n) is 7.21. The molecule has 0 fully saturated rings. The minimum atomic E-state index is -4.68. The molecule has 0 bridgehead atoms. The highest BCUT2D eigenvalue weighted by molar-refractivity contribution is 5.67. The largest absolute Gasteiger partial charge is 0.481 e. The smallest absolute Gasteiger partial charge is 0.433 e. The number of halogens is 3. The molecule has 0 spiro atoms. The van der Waals surface area contributed by atoms with Gasteiger partial charge in [-0.3, -0.25) is 9.48 Å². The average Bonchev–Trinajstić information content (AvgIpc) is 3.07. The first kappa shape index (κ1) is 16.9. The molecule has 3 rings (SSSR count). The first-order valence-corrected chi connectivity index (χ1v) is 7.21. The van der Waals surface area contributed by atoms with Gasteiger partial charge in [-0.15, -0.1) is 5.10 Å². The molecule has 0 saturated carbocycles. The minimum absolute atomic E-state index is 0.0135. The topological polar surface area (TPSA) is 98.2 Å². The van der Waals surface area contributed by atoms with Crippen LogP contribution >= 0.6 is 0 Å². The van der Waals surface area contributed by atoms with Gasteiger partial charge in [-0.2, -0.15) is 27.8 Å². The van der Waals surface area contributed by atoms with Crippen LogP contribution in [-0.4, -0.2) is 40.4 Å². The van der Waals surface area contributed by atoms with Crippen LogP contribution in [0.2, 0.25) is 0 Å². The van der Waals surface area contributed by atoms with Gasteiger partial charge in [0, 0.05) is 24.7 Å². The van der Waals surface area contributed by atoms with Gasteiger partial charge in [-0.1, -0.05) is 0 Å². The Bertz CT molecular complexity index is 960. The standard InChI is InChI=1S/C14H13F3N6O2/c1-7-8(6-18-22(7)2)9-5-10(14(15,16)17)23-13(19-9)20-11(21-23)3-4-12(24)25/h5-6H,3-4H2,1-2H3,(H,24,25). The second-order valence-electron chi connectivity index (χ2n) is 5.43. The van der Waals surface area contributed by atoms with Gasteiger partial charge in [0.1, 0.15) is 0 Å². The molecule has 0 amide bonds. The van der Waals surface area contributed by atoms with Gasteiger partial charge in [0.2, 0.25) is 0 Å². The van der Waals surface area contributed by atoms with Crippen molar-refractivity contribution in [1.29, 1.82) is 0 Å². The maximum absolute atomic E-state index is 13.4. The van der Waals surface area contributed by atoms with Gasteiger partial charge in [-0.05, 0) is 13.0 Å². The van der Waals surface area contributed by atoms with E-state index in [0.29, 0.717) is 15.8 Å². The lowest BCUT2D eigenvalue weighted by Crippen LogP contribution is -2.14. The van der Waals surface area contributed by atoms with Gasteiger partial charge in [-0.25, -0.2) is 4.98 Å².